The summed E-state index contributed by atoms with van der Waals surface area (Å²) in [5, 5.41) is 0.598. The Kier molecular flexibility index (Phi) is 3.34. The lowest BCUT2D eigenvalue weighted by Gasteiger charge is -2.08. The smallest absolute Gasteiger partial charge is 0.180 e. The molecule has 0 aromatic carbocycles. The molecule has 0 saturated carbocycles. The van der Waals surface area contributed by atoms with E-state index in [1.165, 1.54) is 11.3 Å². The zero-order valence-electron chi connectivity index (χ0n) is 7.94. The maximum atomic E-state index is 5.51. The van der Waals surface area contributed by atoms with Crippen LogP contribution in [-0.2, 0) is 16.1 Å². The first-order valence-corrected chi connectivity index (χ1v) is 5.56. The van der Waals surface area contributed by atoms with Gasteiger partial charge in [-0.2, -0.15) is 0 Å². The van der Waals surface area contributed by atoms with Crippen molar-refractivity contribution in [3.05, 3.63) is 11.1 Å². The quantitative estimate of drug-likeness (QED) is 0.823. The average molecular weight is 214 g/mol. The van der Waals surface area contributed by atoms with Crippen LogP contribution in [0.15, 0.2) is 6.20 Å². The summed E-state index contributed by atoms with van der Waals surface area (Å²) in [6.07, 6.45) is 4.32. The Labute approximate surface area is 87.0 Å². The van der Waals surface area contributed by atoms with Gasteiger partial charge in [0.05, 0.1) is 24.2 Å². The number of nitrogens with two attached hydrogens (primary N) is 1. The third-order valence-electron chi connectivity index (χ3n) is 2.14. The summed E-state index contributed by atoms with van der Waals surface area (Å²) in [5.41, 5.74) is 5.50. The molecule has 1 aromatic heterocycles. The fraction of sp³-hybridized carbons (Fsp3) is 0.667. The Morgan fingerprint density at radius 3 is 3.29 bits per heavy atom. The van der Waals surface area contributed by atoms with Gasteiger partial charge in [-0.1, -0.05) is 11.3 Å². The van der Waals surface area contributed by atoms with E-state index in [-0.39, 0.29) is 0 Å². The molecule has 0 aliphatic carbocycles. The molecule has 2 rings (SSSR count). The summed E-state index contributed by atoms with van der Waals surface area (Å²) >= 11 is 1.47. The minimum Gasteiger partial charge on any atom is -0.376 e. The van der Waals surface area contributed by atoms with E-state index in [2.05, 4.69) is 4.98 Å². The lowest BCUT2D eigenvalue weighted by atomic mass is 10.2. The van der Waals surface area contributed by atoms with Crippen LogP contribution >= 0.6 is 11.3 Å². The first kappa shape index (κ1) is 9.89. The standard InChI is InChI=1S/C9H14N2O2S/c10-9-11-4-8(14-9)6-12-5-7-2-1-3-13-7/h4,7H,1-3,5-6H2,(H2,10,11). The second kappa shape index (κ2) is 4.72. The van der Waals surface area contributed by atoms with Gasteiger partial charge in [0, 0.05) is 12.8 Å². The molecule has 1 aromatic rings. The second-order valence-corrected chi connectivity index (χ2v) is 4.46. The van der Waals surface area contributed by atoms with Crippen LogP contribution < -0.4 is 5.73 Å². The molecule has 0 radical (unpaired) electrons. The number of hydrogen-bond acceptors (Lipinski definition) is 5. The van der Waals surface area contributed by atoms with Gasteiger partial charge in [-0.05, 0) is 12.8 Å². The summed E-state index contributed by atoms with van der Waals surface area (Å²) in [5.74, 6) is 0. The SMILES string of the molecule is Nc1ncc(COCC2CCCO2)s1. The van der Waals surface area contributed by atoms with Crippen LogP contribution in [0.3, 0.4) is 0 Å². The number of aromatic nitrogens is 1. The third-order valence-corrected chi connectivity index (χ3v) is 2.94. The van der Waals surface area contributed by atoms with Gasteiger partial charge in [0.15, 0.2) is 5.13 Å². The average Bonchev–Trinajstić information content (AvgIpc) is 2.77. The molecular weight excluding hydrogens is 200 g/mol. The zero-order chi connectivity index (χ0) is 9.80. The van der Waals surface area contributed by atoms with E-state index >= 15 is 0 Å². The van der Waals surface area contributed by atoms with Crippen molar-refractivity contribution >= 4 is 16.5 Å². The zero-order valence-corrected chi connectivity index (χ0v) is 8.76. The molecule has 1 aliphatic rings. The van der Waals surface area contributed by atoms with Crippen molar-refractivity contribution in [1.29, 1.82) is 0 Å². The highest BCUT2D eigenvalue weighted by Crippen LogP contribution is 2.17. The highest BCUT2D eigenvalue weighted by Gasteiger charge is 2.15. The van der Waals surface area contributed by atoms with Gasteiger partial charge in [0.25, 0.3) is 0 Å². The molecule has 4 nitrogen and oxygen atoms in total. The van der Waals surface area contributed by atoms with Crippen molar-refractivity contribution in [2.45, 2.75) is 25.6 Å². The predicted octanol–water partition coefficient (Wildman–Crippen LogP) is 1.42. The van der Waals surface area contributed by atoms with E-state index in [9.17, 15) is 0 Å². The molecule has 5 heteroatoms. The van der Waals surface area contributed by atoms with Gasteiger partial charge in [-0.3, -0.25) is 0 Å². The Morgan fingerprint density at radius 1 is 1.71 bits per heavy atom. The molecule has 78 valence electrons. The Hall–Kier alpha value is -0.650. The number of nitrogens with zero attached hydrogens (tertiary/aromatic N) is 1. The summed E-state index contributed by atoms with van der Waals surface area (Å²) in [6, 6.07) is 0. The molecule has 2 heterocycles. The number of thiazole rings is 1. The van der Waals surface area contributed by atoms with E-state index < -0.39 is 0 Å². The molecule has 0 spiro atoms. The molecular formula is C9H14N2O2S. The fourth-order valence-electron chi connectivity index (χ4n) is 1.46. The normalized spacial score (nSPS) is 21.6. The fourth-order valence-corrected chi connectivity index (χ4v) is 2.08. The summed E-state index contributed by atoms with van der Waals surface area (Å²) in [7, 11) is 0. The van der Waals surface area contributed by atoms with Crippen LogP contribution in [0.2, 0.25) is 0 Å². The minimum absolute atomic E-state index is 0.292. The lowest BCUT2D eigenvalue weighted by molar-refractivity contribution is 0.0113. The van der Waals surface area contributed by atoms with Crippen LogP contribution in [-0.4, -0.2) is 24.3 Å². The Morgan fingerprint density at radius 2 is 2.64 bits per heavy atom. The molecule has 2 N–H and O–H groups in total. The van der Waals surface area contributed by atoms with E-state index in [4.69, 9.17) is 15.2 Å². The molecule has 1 aliphatic heterocycles. The van der Waals surface area contributed by atoms with Crippen molar-refractivity contribution in [2.24, 2.45) is 0 Å². The van der Waals surface area contributed by atoms with Crippen LogP contribution in [0.1, 0.15) is 17.7 Å². The third kappa shape index (κ3) is 2.67. The molecule has 1 unspecified atom stereocenters. The topological polar surface area (TPSA) is 57.4 Å². The van der Waals surface area contributed by atoms with Crippen molar-refractivity contribution in [1.82, 2.24) is 4.98 Å². The summed E-state index contributed by atoms with van der Waals surface area (Å²) < 4.78 is 10.9. The molecule has 14 heavy (non-hydrogen) atoms. The van der Waals surface area contributed by atoms with Crippen LogP contribution in [0, 0.1) is 0 Å². The van der Waals surface area contributed by atoms with Gasteiger partial charge in [0.1, 0.15) is 0 Å². The van der Waals surface area contributed by atoms with Gasteiger partial charge < -0.3 is 15.2 Å². The molecule has 1 fully saturated rings. The molecule has 1 atom stereocenters. The highest BCUT2D eigenvalue weighted by molar-refractivity contribution is 7.15. The molecule has 0 bridgehead atoms. The number of rotatable bonds is 4. The number of anilines is 1. The summed E-state index contributed by atoms with van der Waals surface area (Å²) in [6.45, 7) is 2.15. The van der Waals surface area contributed by atoms with Crippen molar-refractivity contribution in [2.75, 3.05) is 18.9 Å². The maximum Gasteiger partial charge on any atom is 0.180 e. The highest BCUT2D eigenvalue weighted by atomic mass is 32.1. The van der Waals surface area contributed by atoms with Crippen molar-refractivity contribution in [3.63, 3.8) is 0 Å². The van der Waals surface area contributed by atoms with E-state index in [1.54, 1.807) is 6.20 Å². The van der Waals surface area contributed by atoms with E-state index in [0.717, 1.165) is 24.3 Å². The first-order valence-electron chi connectivity index (χ1n) is 4.74. The van der Waals surface area contributed by atoms with Crippen LogP contribution in [0.25, 0.3) is 0 Å². The van der Waals surface area contributed by atoms with Gasteiger partial charge in [-0.15, -0.1) is 0 Å². The van der Waals surface area contributed by atoms with Crippen LogP contribution in [0.5, 0.6) is 0 Å². The number of hydrogen-bond donors (Lipinski definition) is 1. The second-order valence-electron chi connectivity index (χ2n) is 3.31. The van der Waals surface area contributed by atoms with Gasteiger partial charge >= 0.3 is 0 Å². The molecule has 0 amide bonds. The van der Waals surface area contributed by atoms with Crippen molar-refractivity contribution < 1.29 is 9.47 Å². The van der Waals surface area contributed by atoms with Gasteiger partial charge in [0.2, 0.25) is 0 Å². The Bertz CT molecular complexity index is 284. The van der Waals surface area contributed by atoms with E-state index in [0.29, 0.717) is 24.4 Å². The maximum absolute atomic E-state index is 5.51. The first-order chi connectivity index (χ1) is 6.84. The monoisotopic (exact) mass is 214 g/mol. The number of ether oxygens (including phenoxy) is 2. The minimum atomic E-state index is 0.292. The van der Waals surface area contributed by atoms with Crippen molar-refractivity contribution in [3.8, 4) is 0 Å². The predicted molar refractivity (Wildman–Crippen MR) is 55.2 cm³/mol. The number of nitrogen functional groups attached to an aromatic ring is 1. The largest absolute Gasteiger partial charge is 0.376 e. The van der Waals surface area contributed by atoms with E-state index in [1.807, 2.05) is 0 Å². The van der Waals surface area contributed by atoms with Gasteiger partial charge in [-0.25, -0.2) is 4.98 Å². The lowest BCUT2D eigenvalue weighted by Crippen LogP contribution is -2.13. The summed E-state index contributed by atoms with van der Waals surface area (Å²) in [4.78, 5) is 5.02. The Balaban J connectivity index is 1.67. The molecule has 1 saturated heterocycles. The van der Waals surface area contributed by atoms with Crippen LogP contribution in [0.4, 0.5) is 5.13 Å².